The summed E-state index contributed by atoms with van der Waals surface area (Å²) in [5, 5.41) is 3.17. The molecule has 0 aliphatic heterocycles. The molecule has 0 spiro atoms. The first-order valence-corrected chi connectivity index (χ1v) is 5.96. The van der Waals surface area contributed by atoms with E-state index < -0.39 is 0 Å². The minimum Gasteiger partial charge on any atom is -0.478 e. The van der Waals surface area contributed by atoms with Crippen molar-refractivity contribution in [2.45, 2.75) is 20.4 Å². The van der Waals surface area contributed by atoms with Gasteiger partial charge in [-0.2, -0.15) is 4.98 Å². The number of aromatic nitrogens is 4. The first-order chi connectivity index (χ1) is 8.78. The SMILES string of the molecule is CCOc1cc(C)nc(NCCn2ccnc2)n1. The lowest BCUT2D eigenvalue weighted by molar-refractivity contribution is 0.326. The van der Waals surface area contributed by atoms with E-state index in [4.69, 9.17) is 4.74 Å². The average Bonchev–Trinajstić information content (AvgIpc) is 2.82. The Hall–Kier alpha value is -2.11. The molecule has 96 valence electrons. The highest BCUT2D eigenvalue weighted by Crippen LogP contribution is 2.11. The number of nitrogens with zero attached hydrogens (tertiary/aromatic N) is 4. The first kappa shape index (κ1) is 12.3. The maximum Gasteiger partial charge on any atom is 0.226 e. The van der Waals surface area contributed by atoms with Crippen molar-refractivity contribution in [2.24, 2.45) is 0 Å². The third-order valence-electron chi connectivity index (χ3n) is 2.34. The number of imidazole rings is 1. The molecule has 0 unspecified atom stereocenters. The Bertz CT molecular complexity index is 483. The quantitative estimate of drug-likeness (QED) is 0.837. The maximum absolute atomic E-state index is 5.37. The summed E-state index contributed by atoms with van der Waals surface area (Å²) in [5.74, 6) is 1.20. The fourth-order valence-electron chi connectivity index (χ4n) is 1.56. The predicted molar refractivity (Wildman–Crippen MR) is 68.7 cm³/mol. The molecule has 18 heavy (non-hydrogen) atoms. The highest BCUT2D eigenvalue weighted by Gasteiger charge is 2.02. The molecule has 0 aliphatic rings. The molecule has 0 aromatic carbocycles. The number of rotatable bonds is 6. The van der Waals surface area contributed by atoms with Crippen molar-refractivity contribution in [3.05, 3.63) is 30.5 Å². The molecule has 0 aliphatic carbocycles. The van der Waals surface area contributed by atoms with Crippen molar-refractivity contribution in [1.82, 2.24) is 19.5 Å². The standard InChI is InChI=1S/C12H17N5O/c1-3-18-11-8-10(2)15-12(16-11)14-5-7-17-6-4-13-9-17/h4,6,8-9H,3,5,7H2,1-2H3,(H,14,15,16). The number of hydrogen-bond acceptors (Lipinski definition) is 5. The molecule has 2 aromatic heterocycles. The van der Waals surface area contributed by atoms with Gasteiger partial charge < -0.3 is 14.6 Å². The summed E-state index contributed by atoms with van der Waals surface area (Å²) in [6.45, 7) is 6.02. The van der Waals surface area contributed by atoms with Gasteiger partial charge in [0.05, 0.1) is 12.9 Å². The van der Waals surface area contributed by atoms with Gasteiger partial charge in [-0.25, -0.2) is 9.97 Å². The number of hydrogen-bond donors (Lipinski definition) is 1. The number of anilines is 1. The summed E-state index contributed by atoms with van der Waals surface area (Å²) in [6, 6.07) is 1.82. The van der Waals surface area contributed by atoms with Crippen LogP contribution in [0.5, 0.6) is 5.88 Å². The Kier molecular flexibility index (Phi) is 4.11. The van der Waals surface area contributed by atoms with Crippen LogP contribution in [-0.2, 0) is 6.54 Å². The molecule has 2 aromatic rings. The van der Waals surface area contributed by atoms with Crippen LogP contribution in [0.4, 0.5) is 5.95 Å². The van der Waals surface area contributed by atoms with Crippen LogP contribution in [0.15, 0.2) is 24.8 Å². The zero-order chi connectivity index (χ0) is 12.8. The second-order valence-corrected chi connectivity index (χ2v) is 3.83. The Morgan fingerprint density at radius 2 is 2.28 bits per heavy atom. The van der Waals surface area contributed by atoms with Crippen molar-refractivity contribution >= 4 is 5.95 Å². The van der Waals surface area contributed by atoms with Gasteiger partial charge in [-0.3, -0.25) is 0 Å². The lowest BCUT2D eigenvalue weighted by atomic mass is 10.4. The molecule has 0 bridgehead atoms. The first-order valence-electron chi connectivity index (χ1n) is 5.96. The molecule has 6 nitrogen and oxygen atoms in total. The number of nitrogens with one attached hydrogen (secondary N) is 1. The van der Waals surface area contributed by atoms with E-state index in [1.807, 2.05) is 30.7 Å². The summed E-state index contributed by atoms with van der Waals surface area (Å²) in [6.07, 6.45) is 5.46. The van der Waals surface area contributed by atoms with Gasteiger partial charge in [0.15, 0.2) is 0 Å². The molecule has 0 radical (unpaired) electrons. The maximum atomic E-state index is 5.37. The molecule has 0 fully saturated rings. The highest BCUT2D eigenvalue weighted by atomic mass is 16.5. The lowest BCUT2D eigenvalue weighted by Gasteiger charge is -2.08. The molecule has 0 atom stereocenters. The highest BCUT2D eigenvalue weighted by molar-refractivity contribution is 5.30. The van der Waals surface area contributed by atoms with E-state index >= 15 is 0 Å². The van der Waals surface area contributed by atoms with Gasteiger partial charge in [0, 0.05) is 37.2 Å². The summed E-state index contributed by atoms with van der Waals surface area (Å²) < 4.78 is 7.37. The number of ether oxygens (including phenoxy) is 1. The summed E-state index contributed by atoms with van der Waals surface area (Å²) in [7, 11) is 0. The van der Waals surface area contributed by atoms with Crippen LogP contribution in [-0.4, -0.2) is 32.7 Å². The minimum absolute atomic E-state index is 0.596. The smallest absolute Gasteiger partial charge is 0.226 e. The lowest BCUT2D eigenvalue weighted by Crippen LogP contribution is -2.12. The molecule has 2 rings (SSSR count). The molecule has 6 heteroatoms. The van der Waals surface area contributed by atoms with Crippen LogP contribution in [0.1, 0.15) is 12.6 Å². The molecule has 0 saturated heterocycles. The van der Waals surface area contributed by atoms with Gasteiger partial charge in [-0.15, -0.1) is 0 Å². The van der Waals surface area contributed by atoms with Crippen LogP contribution < -0.4 is 10.1 Å². The zero-order valence-electron chi connectivity index (χ0n) is 10.6. The van der Waals surface area contributed by atoms with Gasteiger partial charge in [-0.05, 0) is 13.8 Å². The molecular formula is C12H17N5O. The van der Waals surface area contributed by atoms with Crippen molar-refractivity contribution < 1.29 is 4.74 Å². The largest absolute Gasteiger partial charge is 0.478 e. The fraction of sp³-hybridized carbons (Fsp3) is 0.417. The summed E-state index contributed by atoms with van der Waals surface area (Å²) >= 11 is 0. The Balaban J connectivity index is 1.92. The monoisotopic (exact) mass is 247 g/mol. The van der Waals surface area contributed by atoms with Gasteiger partial charge >= 0.3 is 0 Å². The third-order valence-corrected chi connectivity index (χ3v) is 2.34. The van der Waals surface area contributed by atoms with Crippen molar-refractivity contribution in [3.8, 4) is 5.88 Å². The topological polar surface area (TPSA) is 64.9 Å². The Labute approximate surface area is 106 Å². The minimum atomic E-state index is 0.596. The molecule has 2 heterocycles. The van der Waals surface area contributed by atoms with E-state index in [2.05, 4.69) is 20.3 Å². The van der Waals surface area contributed by atoms with E-state index in [1.54, 1.807) is 12.5 Å². The van der Waals surface area contributed by atoms with Crippen molar-refractivity contribution in [2.75, 3.05) is 18.5 Å². The van der Waals surface area contributed by atoms with E-state index in [0.717, 1.165) is 18.8 Å². The van der Waals surface area contributed by atoms with Crippen LogP contribution in [0.25, 0.3) is 0 Å². The molecular weight excluding hydrogens is 230 g/mol. The van der Waals surface area contributed by atoms with Gasteiger partial charge in [0.2, 0.25) is 11.8 Å². The van der Waals surface area contributed by atoms with Crippen molar-refractivity contribution in [3.63, 3.8) is 0 Å². The van der Waals surface area contributed by atoms with Crippen molar-refractivity contribution in [1.29, 1.82) is 0 Å². The van der Waals surface area contributed by atoms with Crippen LogP contribution in [0, 0.1) is 6.92 Å². The second kappa shape index (κ2) is 6.00. The summed E-state index contributed by atoms with van der Waals surface area (Å²) in [4.78, 5) is 12.6. The van der Waals surface area contributed by atoms with Gasteiger partial charge in [0.25, 0.3) is 0 Å². The van der Waals surface area contributed by atoms with Gasteiger partial charge in [-0.1, -0.05) is 0 Å². The Morgan fingerprint density at radius 1 is 1.39 bits per heavy atom. The fourth-order valence-corrected chi connectivity index (χ4v) is 1.56. The molecule has 1 N–H and O–H groups in total. The third kappa shape index (κ3) is 3.44. The van der Waals surface area contributed by atoms with E-state index in [-0.39, 0.29) is 0 Å². The average molecular weight is 247 g/mol. The van der Waals surface area contributed by atoms with Gasteiger partial charge in [0.1, 0.15) is 0 Å². The Morgan fingerprint density at radius 3 is 3.00 bits per heavy atom. The normalized spacial score (nSPS) is 10.3. The zero-order valence-corrected chi connectivity index (χ0v) is 10.6. The van der Waals surface area contributed by atoms with Crippen LogP contribution in [0.2, 0.25) is 0 Å². The number of aryl methyl sites for hydroxylation is 1. The predicted octanol–water partition coefficient (Wildman–Crippen LogP) is 1.49. The summed E-state index contributed by atoms with van der Waals surface area (Å²) in [5.41, 5.74) is 0.888. The van der Waals surface area contributed by atoms with E-state index in [0.29, 0.717) is 18.4 Å². The second-order valence-electron chi connectivity index (χ2n) is 3.83. The molecule has 0 amide bonds. The van der Waals surface area contributed by atoms with E-state index in [1.165, 1.54) is 0 Å². The van der Waals surface area contributed by atoms with E-state index in [9.17, 15) is 0 Å². The van der Waals surface area contributed by atoms with Crippen LogP contribution >= 0.6 is 0 Å². The molecule has 0 saturated carbocycles. The van der Waals surface area contributed by atoms with Crippen LogP contribution in [0.3, 0.4) is 0 Å².